The molecule has 0 aromatic heterocycles. The monoisotopic (exact) mass is 210 g/mol. The molecule has 2 rings (SSSR count). The maximum absolute atomic E-state index is 13.5. The van der Waals surface area contributed by atoms with Crippen LogP contribution in [0.2, 0.25) is 0 Å². The highest BCUT2D eigenvalue weighted by molar-refractivity contribution is 5.43. The molecule has 0 unspecified atom stereocenters. The van der Waals surface area contributed by atoms with E-state index in [4.69, 9.17) is 0 Å². The van der Waals surface area contributed by atoms with E-state index in [1.165, 1.54) is 6.07 Å². The summed E-state index contributed by atoms with van der Waals surface area (Å²) in [7, 11) is 0. The molecule has 1 aromatic rings. The predicted molar refractivity (Wildman–Crippen MR) is 60.8 cm³/mol. The zero-order chi connectivity index (χ0) is 11.6. The number of hydrogen-bond donors (Lipinski definition) is 1. The van der Waals surface area contributed by atoms with Crippen LogP contribution in [0.4, 0.5) is 4.39 Å². The van der Waals surface area contributed by atoms with Crippen LogP contribution in [0.25, 0.3) is 0 Å². The number of benzene rings is 1. The summed E-state index contributed by atoms with van der Waals surface area (Å²) in [5.41, 5.74) is 1.67. The van der Waals surface area contributed by atoms with E-state index in [1.54, 1.807) is 6.07 Å². The molecule has 0 atom stereocenters. The van der Waals surface area contributed by atoms with Crippen molar-refractivity contribution in [2.75, 3.05) is 0 Å². The van der Waals surface area contributed by atoms with Gasteiger partial charge in [-0.1, -0.05) is 27.7 Å². The smallest absolute Gasteiger partial charge is 0.130 e. The minimum Gasteiger partial charge on any atom is -0.508 e. The van der Waals surface area contributed by atoms with Crippen LogP contribution < -0.4 is 0 Å². The fraction of sp³-hybridized carbons (Fsp3) is 0.538. The summed E-state index contributed by atoms with van der Waals surface area (Å²) in [6.45, 7) is 8.08. The number of rotatable bonds is 0. The zero-order valence-electron chi connectivity index (χ0n) is 9.89. The second-order valence-electron chi connectivity index (χ2n) is 4.35. The molecule has 1 aliphatic carbocycles. The van der Waals surface area contributed by atoms with Crippen molar-refractivity contribution in [2.45, 2.75) is 46.0 Å². The Morgan fingerprint density at radius 3 is 2.47 bits per heavy atom. The fourth-order valence-electron chi connectivity index (χ4n) is 2.17. The van der Waals surface area contributed by atoms with Crippen LogP contribution in [0.5, 0.6) is 5.75 Å². The summed E-state index contributed by atoms with van der Waals surface area (Å²) >= 11 is 0. The second-order valence-corrected chi connectivity index (χ2v) is 4.35. The van der Waals surface area contributed by atoms with Gasteiger partial charge >= 0.3 is 0 Å². The topological polar surface area (TPSA) is 20.2 Å². The molecule has 15 heavy (non-hydrogen) atoms. The summed E-state index contributed by atoms with van der Waals surface area (Å²) in [6.07, 6.45) is 1.83. The van der Waals surface area contributed by atoms with Gasteiger partial charge in [-0.15, -0.1) is 0 Å². The molecule has 0 bridgehead atoms. The van der Waals surface area contributed by atoms with Gasteiger partial charge in [0, 0.05) is 6.07 Å². The molecule has 1 N–H and O–H groups in total. The normalized spacial score (nSPS) is 16.6. The molecule has 0 heterocycles. The van der Waals surface area contributed by atoms with Gasteiger partial charge in [0.2, 0.25) is 0 Å². The molecule has 0 amide bonds. The first-order valence-electron chi connectivity index (χ1n) is 5.52. The number of phenolic OH excluding ortho intramolecular Hbond substituents is 1. The van der Waals surface area contributed by atoms with Gasteiger partial charge in [-0.2, -0.15) is 0 Å². The SMILES string of the molecule is CC.CC1(C)CCc2cc(O)cc(F)c21. The lowest BCUT2D eigenvalue weighted by molar-refractivity contribution is 0.460. The average Bonchev–Trinajstić information content (AvgIpc) is 2.45. The third-order valence-corrected chi connectivity index (χ3v) is 2.85. The Labute approximate surface area is 90.9 Å². The number of phenols is 1. The highest BCUT2D eigenvalue weighted by atomic mass is 19.1. The van der Waals surface area contributed by atoms with E-state index in [2.05, 4.69) is 0 Å². The van der Waals surface area contributed by atoms with Gasteiger partial charge in [-0.3, -0.25) is 0 Å². The van der Waals surface area contributed by atoms with Crippen LogP contribution in [-0.2, 0) is 11.8 Å². The highest BCUT2D eigenvalue weighted by Gasteiger charge is 2.32. The molecular weight excluding hydrogens is 191 g/mol. The van der Waals surface area contributed by atoms with E-state index in [9.17, 15) is 9.50 Å². The number of halogens is 1. The van der Waals surface area contributed by atoms with Gasteiger partial charge in [0.25, 0.3) is 0 Å². The number of hydrogen-bond acceptors (Lipinski definition) is 1. The first-order valence-corrected chi connectivity index (χ1v) is 5.52. The first kappa shape index (κ1) is 12.0. The van der Waals surface area contributed by atoms with Crippen LogP contribution in [0, 0.1) is 5.82 Å². The molecule has 1 nitrogen and oxygen atoms in total. The molecule has 0 fully saturated rings. The van der Waals surface area contributed by atoms with E-state index in [-0.39, 0.29) is 17.0 Å². The van der Waals surface area contributed by atoms with Gasteiger partial charge in [0.1, 0.15) is 11.6 Å². The lowest BCUT2D eigenvalue weighted by Crippen LogP contribution is -2.13. The molecule has 2 heteroatoms. The molecule has 84 valence electrons. The van der Waals surface area contributed by atoms with Crippen LogP contribution in [0.1, 0.15) is 45.2 Å². The predicted octanol–water partition coefficient (Wildman–Crippen LogP) is 3.78. The van der Waals surface area contributed by atoms with E-state index in [0.29, 0.717) is 0 Å². The molecule has 1 aliphatic rings. The summed E-state index contributed by atoms with van der Waals surface area (Å²) < 4.78 is 13.5. The van der Waals surface area contributed by atoms with Crippen molar-refractivity contribution in [1.82, 2.24) is 0 Å². The quantitative estimate of drug-likeness (QED) is 0.691. The Morgan fingerprint density at radius 2 is 1.87 bits per heavy atom. The molecule has 0 saturated heterocycles. The van der Waals surface area contributed by atoms with Crippen LogP contribution in [0.3, 0.4) is 0 Å². The van der Waals surface area contributed by atoms with E-state index in [0.717, 1.165) is 24.0 Å². The van der Waals surface area contributed by atoms with Gasteiger partial charge in [-0.05, 0) is 35.4 Å². The van der Waals surface area contributed by atoms with Gasteiger partial charge in [0.15, 0.2) is 0 Å². The Hall–Kier alpha value is -1.05. The van der Waals surface area contributed by atoms with Crippen molar-refractivity contribution in [1.29, 1.82) is 0 Å². The average molecular weight is 210 g/mol. The summed E-state index contributed by atoms with van der Waals surface area (Å²) in [5.74, 6) is -0.230. The largest absolute Gasteiger partial charge is 0.508 e. The van der Waals surface area contributed by atoms with Crippen molar-refractivity contribution in [3.63, 3.8) is 0 Å². The van der Waals surface area contributed by atoms with Crippen molar-refractivity contribution in [3.8, 4) is 5.75 Å². The summed E-state index contributed by atoms with van der Waals surface area (Å²) in [5, 5.41) is 9.21. The minimum absolute atomic E-state index is 0.0361. The Morgan fingerprint density at radius 1 is 1.27 bits per heavy atom. The molecule has 0 spiro atoms. The summed E-state index contributed by atoms with van der Waals surface area (Å²) in [6, 6.07) is 2.87. The van der Waals surface area contributed by atoms with Gasteiger partial charge in [-0.25, -0.2) is 4.39 Å². The third-order valence-electron chi connectivity index (χ3n) is 2.85. The lowest BCUT2D eigenvalue weighted by Gasteiger charge is -2.19. The molecule has 0 saturated carbocycles. The number of aromatic hydroxyl groups is 1. The van der Waals surface area contributed by atoms with E-state index < -0.39 is 0 Å². The van der Waals surface area contributed by atoms with Gasteiger partial charge in [0.05, 0.1) is 0 Å². The molecular formula is C13H19FO. The Kier molecular flexibility index (Phi) is 3.38. The summed E-state index contributed by atoms with van der Waals surface area (Å²) in [4.78, 5) is 0. The molecule has 0 radical (unpaired) electrons. The Bertz CT molecular complexity index is 356. The van der Waals surface area contributed by atoms with Gasteiger partial charge < -0.3 is 5.11 Å². The number of fused-ring (bicyclic) bond motifs is 1. The van der Waals surface area contributed by atoms with Crippen LogP contribution in [-0.4, -0.2) is 5.11 Å². The standard InChI is InChI=1S/C11H13FO.C2H6/c1-11(2)4-3-7-5-8(13)6-9(12)10(7)11;1-2/h5-6,13H,3-4H2,1-2H3;1-2H3. The highest BCUT2D eigenvalue weighted by Crippen LogP contribution is 2.41. The zero-order valence-corrected chi connectivity index (χ0v) is 9.89. The molecule has 1 aromatic carbocycles. The van der Waals surface area contributed by atoms with Crippen molar-refractivity contribution >= 4 is 0 Å². The maximum Gasteiger partial charge on any atom is 0.130 e. The lowest BCUT2D eigenvalue weighted by atomic mass is 9.86. The van der Waals surface area contributed by atoms with Crippen molar-refractivity contribution in [2.24, 2.45) is 0 Å². The van der Waals surface area contributed by atoms with E-state index in [1.807, 2.05) is 27.7 Å². The van der Waals surface area contributed by atoms with Crippen LogP contribution in [0.15, 0.2) is 12.1 Å². The molecule has 0 aliphatic heterocycles. The van der Waals surface area contributed by atoms with Crippen molar-refractivity contribution < 1.29 is 9.50 Å². The van der Waals surface area contributed by atoms with Crippen LogP contribution >= 0.6 is 0 Å². The number of aryl methyl sites for hydroxylation is 1. The Balaban J connectivity index is 0.000000531. The van der Waals surface area contributed by atoms with Crippen molar-refractivity contribution in [3.05, 3.63) is 29.1 Å². The maximum atomic E-state index is 13.5. The fourth-order valence-corrected chi connectivity index (χ4v) is 2.17. The van der Waals surface area contributed by atoms with E-state index >= 15 is 0 Å². The third kappa shape index (κ3) is 2.14. The second kappa shape index (κ2) is 4.21. The minimum atomic E-state index is -0.266. The first-order chi connectivity index (χ1) is 7.00.